The number of para-hydroxylation sites is 1. The molecule has 29 heavy (non-hydrogen) atoms. The van der Waals surface area contributed by atoms with Crippen molar-refractivity contribution in [2.75, 3.05) is 6.73 Å². The lowest BCUT2D eigenvalue weighted by Gasteiger charge is -2.31. The second-order valence-electron chi connectivity index (χ2n) is 6.44. The predicted octanol–water partition coefficient (Wildman–Crippen LogP) is 6.69. The second kappa shape index (κ2) is 7.94. The number of amides is 1. The van der Waals surface area contributed by atoms with Crippen molar-refractivity contribution in [2.24, 2.45) is 0 Å². The molecule has 3 aromatic carbocycles. The molecule has 1 heterocycles. The summed E-state index contributed by atoms with van der Waals surface area (Å²) < 4.78 is 34.3. The average Bonchev–Trinajstić information content (AvgIpc) is 2.68. The fourth-order valence-corrected chi connectivity index (χ4v) is 4.59. The highest BCUT2D eigenvalue weighted by Gasteiger charge is 2.28. The van der Waals surface area contributed by atoms with Gasteiger partial charge >= 0.3 is 0 Å². The number of nitrogens with zero attached hydrogens (tertiary/aromatic N) is 1. The maximum absolute atomic E-state index is 14.3. The predicted molar refractivity (Wildman–Crippen MR) is 111 cm³/mol. The summed E-state index contributed by atoms with van der Waals surface area (Å²) in [4.78, 5) is 14.4. The summed E-state index contributed by atoms with van der Waals surface area (Å²) in [6, 6.07) is 11.5. The van der Waals surface area contributed by atoms with Gasteiger partial charge in [0.05, 0.1) is 22.2 Å². The number of carbonyl (C=O) groups is 1. The Bertz CT molecular complexity index is 1120. The van der Waals surface area contributed by atoms with E-state index in [1.165, 1.54) is 4.90 Å². The quantitative estimate of drug-likeness (QED) is 0.393. The van der Waals surface area contributed by atoms with E-state index in [0.717, 1.165) is 18.2 Å². The summed E-state index contributed by atoms with van der Waals surface area (Å²) in [6.07, 6.45) is 0. The van der Waals surface area contributed by atoms with Gasteiger partial charge in [0, 0.05) is 21.2 Å². The van der Waals surface area contributed by atoms with E-state index in [2.05, 4.69) is 15.9 Å². The van der Waals surface area contributed by atoms with Crippen molar-refractivity contribution in [3.8, 4) is 16.9 Å². The zero-order valence-electron chi connectivity index (χ0n) is 14.7. The van der Waals surface area contributed by atoms with Crippen molar-refractivity contribution >= 4 is 45.0 Å². The molecule has 0 aliphatic carbocycles. The number of hydrogen-bond acceptors (Lipinski definition) is 2. The Labute approximate surface area is 183 Å². The lowest BCUT2D eigenvalue weighted by atomic mass is 9.99. The molecule has 4 rings (SSSR count). The zero-order chi connectivity index (χ0) is 20.7. The first-order valence-corrected chi connectivity index (χ1v) is 10.0. The summed E-state index contributed by atoms with van der Waals surface area (Å²) in [5.74, 6) is -1.09. The van der Waals surface area contributed by atoms with Gasteiger partial charge in [-0.05, 0) is 30.3 Å². The molecule has 1 aliphatic heterocycles. The maximum Gasteiger partial charge on any atom is 0.259 e. The van der Waals surface area contributed by atoms with Crippen molar-refractivity contribution in [2.45, 2.75) is 6.54 Å². The summed E-state index contributed by atoms with van der Waals surface area (Å²) in [5.41, 5.74) is 1.36. The third-order valence-corrected chi connectivity index (χ3v) is 5.60. The monoisotopic (exact) mass is 497 g/mol. The summed E-state index contributed by atoms with van der Waals surface area (Å²) in [7, 11) is 0. The molecule has 0 aromatic heterocycles. The van der Waals surface area contributed by atoms with Crippen LogP contribution in [0.4, 0.5) is 8.78 Å². The Hall–Kier alpha value is -2.15. The van der Waals surface area contributed by atoms with Gasteiger partial charge in [0.15, 0.2) is 6.73 Å². The molecule has 0 saturated heterocycles. The molecular formula is C21H12BrCl2F2NO2. The van der Waals surface area contributed by atoms with Gasteiger partial charge in [0.2, 0.25) is 0 Å². The second-order valence-corrected chi connectivity index (χ2v) is 8.17. The molecule has 0 radical (unpaired) electrons. The van der Waals surface area contributed by atoms with Crippen molar-refractivity contribution in [3.63, 3.8) is 0 Å². The number of carbonyl (C=O) groups excluding carboxylic acids is 1. The van der Waals surface area contributed by atoms with E-state index in [0.29, 0.717) is 21.3 Å². The first kappa shape index (κ1) is 20.1. The average molecular weight is 499 g/mol. The third kappa shape index (κ3) is 3.84. The van der Waals surface area contributed by atoms with Crippen LogP contribution in [0.15, 0.2) is 53.0 Å². The fraction of sp³-hybridized carbons (Fsp3) is 0.0952. The van der Waals surface area contributed by atoms with E-state index < -0.39 is 11.6 Å². The van der Waals surface area contributed by atoms with Crippen molar-refractivity contribution in [1.82, 2.24) is 4.90 Å². The van der Waals surface area contributed by atoms with E-state index in [9.17, 15) is 13.6 Å². The molecule has 148 valence electrons. The Kier molecular flexibility index (Phi) is 5.51. The number of hydrogen-bond donors (Lipinski definition) is 0. The van der Waals surface area contributed by atoms with E-state index >= 15 is 0 Å². The van der Waals surface area contributed by atoms with Crippen LogP contribution in [0.2, 0.25) is 10.0 Å². The minimum atomic E-state index is -0.560. The molecule has 0 unspecified atom stereocenters. The fourth-order valence-electron chi connectivity index (χ4n) is 3.22. The highest BCUT2D eigenvalue weighted by atomic mass is 79.9. The van der Waals surface area contributed by atoms with Gasteiger partial charge in [-0.25, -0.2) is 8.78 Å². The summed E-state index contributed by atoms with van der Waals surface area (Å²) >= 11 is 15.7. The summed E-state index contributed by atoms with van der Waals surface area (Å²) in [6.45, 7) is 0.129. The number of ether oxygens (including phenoxy) is 1. The lowest BCUT2D eigenvalue weighted by Crippen LogP contribution is -2.37. The topological polar surface area (TPSA) is 29.5 Å². The standard InChI is InChI=1S/C21H12BrCl2F2NO2/c22-12-6-16(23)19(17(24)7-12)21(28)27-9-11-2-1-3-14(20(11)29-10-27)15-8-13(25)4-5-18(15)26/h1-8H,9-10H2. The van der Waals surface area contributed by atoms with Gasteiger partial charge in [-0.3, -0.25) is 4.79 Å². The Balaban J connectivity index is 1.69. The van der Waals surface area contributed by atoms with E-state index in [-0.39, 0.29) is 40.4 Å². The number of halogens is 5. The molecular weight excluding hydrogens is 487 g/mol. The molecule has 3 nitrogen and oxygen atoms in total. The molecule has 0 N–H and O–H groups in total. The SMILES string of the molecule is O=C(c1c(Cl)cc(Br)cc1Cl)N1COc2c(cccc2-c2cc(F)ccc2F)C1. The van der Waals surface area contributed by atoms with Crippen LogP contribution < -0.4 is 4.74 Å². The van der Waals surface area contributed by atoms with Crippen LogP contribution in [-0.4, -0.2) is 17.5 Å². The normalized spacial score (nSPS) is 13.1. The maximum atomic E-state index is 14.3. The Morgan fingerprint density at radius 3 is 2.48 bits per heavy atom. The minimum absolute atomic E-state index is 0.0809. The highest BCUT2D eigenvalue weighted by Crippen LogP contribution is 2.39. The van der Waals surface area contributed by atoms with Gasteiger partial charge < -0.3 is 9.64 Å². The van der Waals surface area contributed by atoms with Crippen LogP contribution in [0.25, 0.3) is 11.1 Å². The van der Waals surface area contributed by atoms with Gasteiger partial charge in [-0.2, -0.15) is 0 Å². The van der Waals surface area contributed by atoms with E-state index in [1.807, 2.05) is 0 Å². The minimum Gasteiger partial charge on any atom is -0.472 e. The lowest BCUT2D eigenvalue weighted by molar-refractivity contribution is 0.0516. The summed E-state index contributed by atoms with van der Waals surface area (Å²) in [5, 5.41) is 0.437. The first-order valence-electron chi connectivity index (χ1n) is 8.49. The molecule has 0 spiro atoms. The smallest absolute Gasteiger partial charge is 0.259 e. The molecule has 0 atom stereocenters. The molecule has 3 aromatic rings. The van der Waals surface area contributed by atoms with Crippen LogP contribution in [0.1, 0.15) is 15.9 Å². The Morgan fingerprint density at radius 1 is 1.03 bits per heavy atom. The van der Waals surface area contributed by atoms with Gasteiger partial charge in [0.25, 0.3) is 5.91 Å². The number of fused-ring (bicyclic) bond motifs is 1. The number of benzene rings is 3. The van der Waals surface area contributed by atoms with Crippen LogP contribution in [0, 0.1) is 11.6 Å². The zero-order valence-corrected chi connectivity index (χ0v) is 17.8. The van der Waals surface area contributed by atoms with Crippen molar-refractivity contribution in [1.29, 1.82) is 0 Å². The van der Waals surface area contributed by atoms with Crippen molar-refractivity contribution in [3.05, 3.63) is 85.8 Å². The third-order valence-electron chi connectivity index (χ3n) is 4.55. The number of rotatable bonds is 2. The van der Waals surface area contributed by atoms with Crippen molar-refractivity contribution < 1.29 is 18.3 Å². The molecule has 0 fully saturated rings. The van der Waals surface area contributed by atoms with Crippen LogP contribution >= 0.6 is 39.1 Å². The first-order chi connectivity index (χ1) is 13.8. The molecule has 0 saturated carbocycles. The molecule has 1 amide bonds. The van der Waals surface area contributed by atoms with Crippen LogP contribution in [0.3, 0.4) is 0 Å². The largest absolute Gasteiger partial charge is 0.472 e. The van der Waals surface area contributed by atoms with E-state index in [1.54, 1.807) is 30.3 Å². The molecule has 1 aliphatic rings. The molecule has 0 bridgehead atoms. The van der Waals surface area contributed by atoms with Gasteiger partial charge in [0.1, 0.15) is 17.4 Å². The van der Waals surface area contributed by atoms with Crippen LogP contribution in [-0.2, 0) is 6.54 Å². The van der Waals surface area contributed by atoms with Gasteiger partial charge in [-0.15, -0.1) is 0 Å². The van der Waals surface area contributed by atoms with E-state index in [4.69, 9.17) is 27.9 Å². The van der Waals surface area contributed by atoms with Crippen LogP contribution in [0.5, 0.6) is 5.75 Å². The van der Waals surface area contributed by atoms with Gasteiger partial charge in [-0.1, -0.05) is 57.3 Å². The molecule has 8 heteroatoms. The highest BCUT2D eigenvalue weighted by molar-refractivity contribution is 9.10. The Morgan fingerprint density at radius 2 is 1.76 bits per heavy atom.